The summed E-state index contributed by atoms with van der Waals surface area (Å²) in [5.74, 6) is 0.995. The molecule has 1 aromatic heterocycles. The molecule has 2 heterocycles. The van der Waals surface area contributed by atoms with Gasteiger partial charge in [-0.05, 0) is 64.0 Å². The monoisotopic (exact) mass is 465 g/mol. The summed E-state index contributed by atoms with van der Waals surface area (Å²) in [7, 11) is -5.38. The maximum Gasteiger partial charge on any atom is 0.511 e. The van der Waals surface area contributed by atoms with Gasteiger partial charge in [-0.15, -0.1) is 0 Å². The minimum absolute atomic E-state index is 0.00735. The molecule has 1 aliphatic heterocycles. The molecule has 1 aromatic rings. The predicted octanol–water partition coefficient (Wildman–Crippen LogP) is 3.08. The maximum atomic E-state index is 12.7. The standard InChI is InChI=1S/C20H30F3N3O4S/c1-2-29-19-16(5-3-12-25-19)14-7-9-15(10-8-14)30-13-18-17(6-4-11-24-18)26-31(27,28)20(21,22)23/h3,5,12,14-15,17-18,24,26H,2,4,6-11,13H2,1H3/t14-,15+,17-,18-/m0/s1. The van der Waals surface area contributed by atoms with Crippen LogP contribution in [0.4, 0.5) is 13.2 Å². The van der Waals surface area contributed by atoms with E-state index in [1.807, 2.05) is 19.1 Å². The van der Waals surface area contributed by atoms with Crippen LogP contribution in [0.5, 0.6) is 5.88 Å². The van der Waals surface area contributed by atoms with E-state index in [0.717, 1.165) is 31.2 Å². The van der Waals surface area contributed by atoms with Crippen molar-refractivity contribution in [3.8, 4) is 5.88 Å². The summed E-state index contributed by atoms with van der Waals surface area (Å²) in [6, 6.07) is 2.59. The second kappa shape index (κ2) is 10.5. The fraction of sp³-hybridized carbons (Fsp3) is 0.750. The molecule has 3 rings (SSSR count). The lowest BCUT2D eigenvalue weighted by molar-refractivity contribution is -0.0457. The number of sulfonamides is 1. The lowest BCUT2D eigenvalue weighted by Crippen LogP contribution is -2.57. The Labute approximate surface area is 181 Å². The van der Waals surface area contributed by atoms with Crippen molar-refractivity contribution in [2.75, 3.05) is 19.8 Å². The van der Waals surface area contributed by atoms with Gasteiger partial charge in [-0.25, -0.2) is 18.1 Å². The molecule has 2 atom stereocenters. The smallest absolute Gasteiger partial charge is 0.478 e. The first-order valence-electron chi connectivity index (χ1n) is 10.7. The molecule has 0 unspecified atom stereocenters. The third-order valence-corrected chi connectivity index (χ3v) is 7.13. The minimum Gasteiger partial charge on any atom is -0.478 e. The van der Waals surface area contributed by atoms with Crippen LogP contribution in [0.25, 0.3) is 0 Å². The van der Waals surface area contributed by atoms with Crippen LogP contribution < -0.4 is 14.8 Å². The Kier molecular flexibility index (Phi) is 8.17. The molecule has 1 aliphatic carbocycles. The molecular weight excluding hydrogens is 435 g/mol. The number of piperidine rings is 1. The van der Waals surface area contributed by atoms with Crippen molar-refractivity contribution in [1.29, 1.82) is 0 Å². The van der Waals surface area contributed by atoms with Gasteiger partial charge >= 0.3 is 15.5 Å². The number of rotatable bonds is 8. The average Bonchev–Trinajstić information content (AvgIpc) is 2.73. The summed E-state index contributed by atoms with van der Waals surface area (Å²) in [4.78, 5) is 4.32. The zero-order valence-electron chi connectivity index (χ0n) is 17.5. The summed E-state index contributed by atoms with van der Waals surface area (Å²) < 4.78 is 74.6. The van der Waals surface area contributed by atoms with E-state index in [4.69, 9.17) is 9.47 Å². The number of alkyl halides is 3. The van der Waals surface area contributed by atoms with Gasteiger partial charge in [0.05, 0.1) is 19.3 Å². The Bertz CT molecular complexity index is 814. The molecule has 31 heavy (non-hydrogen) atoms. The van der Waals surface area contributed by atoms with Gasteiger partial charge in [0.15, 0.2) is 0 Å². The van der Waals surface area contributed by atoms with Crippen LogP contribution in [0, 0.1) is 0 Å². The Balaban J connectivity index is 1.51. The number of nitrogens with one attached hydrogen (secondary N) is 2. The molecule has 0 amide bonds. The van der Waals surface area contributed by atoms with E-state index in [0.29, 0.717) is 37.8 Å². The summed E-state index contributed by atoms with van der Waals surface area (Å²) in [5, 5.41) is 3.09. The zero-order chi connectivity index (χ0) is 22.5. The number of hydrogen-bond donors (Lipinski definition) is 2. The van der Waals surface area contributed by atoms with Crippen LogP contribution in [0.3, 0.4) is 0 Å². The van der Waals surface area contributed by atoms with Crippen molar-refractivity contribution in [3.63, 3.8) is 0 Å². The SMILES string of the molecule is CCOc1ncccc1[C@H]1CC[C@@H](OC[C@@H]2NCCC[C@@H]2NS(=O)(=O)C(F)(F)F)CC1. The van der Waals surface area contributed by atoms with Crippen LogP contribution >= 0.6 is 0 Å². The summed E-state index contributed by atoms with van der Waals surface area (Å²) in [6.45, 7) is 3.25. The fourth-order valence-electron chi connectivity index (χ4n) is 4.29. The quantitative estimate of drug-likeness (QED) is 0.613. The maximum absolute atomic E-state index is 12.7. The summed E-state index contributed by atoms with van der Waals surface area (Å²) >= 11 is 0. The topological polar surface area (TPSA) is 89.6 Å². The second-order valence-electron chi connectivity index (χ2n) is 8.01. The lowest BCUT2D eigenvalue weighted by atomic mass is 9.83. The molecule has 176 valence electrons. The van der Waals surface area contributed by atoms with E-state index < -0.39 is 27.6 Å². The molecule has 2 fully saturated rings. The van der Waals surface area contributed by atoms with Gasteiger partial charge in [0.1, 0.15) is 0 Å². The van der Waals surface area contributed by atoms with Gasteiger partial charge in [0.2, 0.25) is 5.88 Å². The molecule has 0 radical (unpaired) electrons. The molecule has 1 saturated heterocycles. The van der Waals surface area contributed by atoms with Gasteiger partial charge in [-0.1, -0.05) is 6.07 Å². The lowest BCUT2D eigenvalue weighted by Gasteiger charge is -2.35. The van der Waals surface area contributed by atoms with Gasteiger partial charge in [0.25, 0.3) is 0 Å². The van der Waals surface area contributed by atoms with Crippen molar-refractivity contribution in [2.45, 2.75) is 75.1 Å². The molecule has 2 aliphatic rings. The van der Waals surface area contributed by atoms with Crippen LogP contribution in [-0.2, 0) is 14.8 Å². The Morgan fingerprint density at radius 1 is 1.23 bits per heavy atom. The van der Waals surface area contributed by atoms with Crippen molar-refractivity contribution >= 4 is 10.0 Å². The zero-order valence-corrected chi connectivity index (χ0v) is 18.3. The number of nitrogens with zero attached hydrogens (tertiary/aromatic N) is 1. The van der Waals surface area contributed by atoms with Crippen molar-refractivity contribution in [3.05, 3.63) is 23.9 Å². The van der Waals surface area contributed by atoms with E-state index in [1.165, 1.54) is 0 Å². The van der Waals surface area contributed by atoms with Gasteiger partial charge < -0.3 is 14.8 Å². The van der Waals surface area contributed by atoms with E-state index in [9.17, 15) is 21.6 Å². The normalized spacial score (nSPS) is 27.7. The highest BCUT2D eigenvalue weighted by Gasteiger charge is 2.47. The number of aromatic nitrogens is 1. The number of ether oxygens (including phenoxy) is 2. The predicted molar refractivity (Wildman–Crippen MR) is 109 cm³/mol. The number of hydrogen-bond acceptors (Lipinski definition) is 6. The highest BCUT2D eigenvalue weighted by Crippen LogP contribution is 2.37. The largest absolute Gasteiger partial charge is 0.511 e. The molecule has 1 saturated carbocycles. The van der Waals surface area contributed by atoms with Crippen LogP contribution in [0.2, 0.25) is 0 Å². The molecular formula is C20H30F3N3O4S. The molecule has 0 aromatic carbocycles. The van der Waals surface area contributed by atoms with Gasteiger partial charge in [-0.2, -0.15) is 13.2 Å². The first kappa shape index (κ1) is 24.2. The van der Waals surface area contributed by atoms with E-state index in [1.54, 1.807) is 10.9 Å². The van der Waals surface area contributed by atoms with Crippen LogP contribution in [0.1, 0.15) is 56.9 Å². The van der Waals surface area contributed by atoms with E-state index in [-0.39, 0.29) is 12.7 Å². The van der Waals surface area contributed by atoms with Gasteiger partial charge in [-0.3, -0.25) is 0 Å². The molecule has 0 spiro atoms. The molecule has 2 N–H and O–H groups in total. The fourth-order valence-corrected chi connectivity index (χ4v) is 5.10. The number of pyridine rings is 1. The highest BCUT2D eigenvalue weighted by molar-refractivity contribution is 7.90. The molecule has 0 bridgehead atoms. The first-order chi connectivity index (χ1) is 14.7. The average molecular weight is 466 g/mol. The Morgan fingerprint density at radius 2 is 1.97 bits per heavy atom. The Morgan fingerprint density at radius 3 is 2.65 bits per heavy atom. The van der Waals surface area contributed by atoms with Crippen LogP contribution in [0.15, 0.2) is 18.3 Å². The third kappa shape index (κ3) is 6.30. The van der Waals surface area contributed by atoms with Crippen molar-refractivity contribution in [1.82, 2.24) is 15.0 Å². The van der Waals surface area contributed by atoms with E-state index in [2.05, 4.69) is 10.3 Å². The van der Waals surface area contributed by atoms with E-state index >= 15 is 0 Å². The summed E-state index contributed by atoms with van der Waals surface area (Å²) in [5.41, 5.74) is -4.22. The highest BCUT2D eigenvalue weighted by atomic mass is 32.2. The third-order valence-electron chi connectivity index (χ3n) is 5.90. The van der Waals surface area contributed by atoms with Crippen LogP contribution in [-0.4, -0.2) is 56.9 Å². The van der Waals surface area contributed by atoms with Gasteiger partial charge in [0, 0.05) is 23.8 Å². The first-order valence-corrected chi connectivity index (χ1v) is 12.2. The summed E-state index contributed by atoms with van der Waals surface area (Å²) in [6.07, 6.45) is 6.07. The minimum atomic E-state index is -5.38. The molecule has 11 heteroatoms. The molecule has 7 nitrogen and oxygen atoms in total. The second-order valence-corrected chi connectivity index (χ2v) is 9.72. The number of halogens is 3. The Hall–Kier alpha value is -1.43. The van der Waals surface area contributed by atoms with Crippen molar-refractivity contribution in [2.24, 2.45) is 0 Å². The van der Waals surface area contributed by atoms with Crippen molar-refractivity contribution < 1.29 is 31.1 Å².